The Morgan fingerprint density at radius 3 is 2.79 bits per heavy atom. The normalized spacial score (nSPS) is 13.0. The summed E-state index contributed by atoms with van der Waals surface area (Å²) in [5, 5.41) is 2.88. The summed E-state index contributed by atoms with van der Waals surface area (Å²) in [4.78, 5) is 37.8. The predicted molar refractivity (Wildman–Crippen MR) is 107 cm³/mol. The van der Waals surface area contributed by atoms with Crippen LogP contribution < -0.4 is 16.0 Å². The highest BCUT2D eigenvalue weighted by atomic mass is 16.2. The number of carbonyl (C=O) groups excluding carboxylic acids is 2. The fraction of sp³-hybridized carbons (Fsp3) is 0.250. The topological polar surface area (TPSA) is 119 Å². The molecule has 9 heteroatoms. The molecule has 0 spiro atoms. The van der Waals surface area contributed by atoms with Crippen LogP contribution in [0.1, 0.15) is 17.5 Å². The molecular formula is C20H21N7O2. The first-order valence-corrected chi connectivity index (χ1v) is 9.33. The van der Waals surface area contributed by atoms with Crippen LogP contribution >= 0.6 is 0 Å². The van der Waals surface area contributed by atoms with Crippen LogP contribution in [0.25, 0.3) is 11.1 Å². The smallest absolute Gasteiger partial charge is 0.320 e. The molecule has 0 fully saturated rings. The number of rotatable bonds is 5. The number of aromatic nitrogens is 4. The Labute approximate surface area is 167 Å². The molecule has 148 valence electrons. The van der Waals surface area contributed by atoms with Crippen molar-refractivity contribution in [1.82, 2.24) is 24.8 Å². The van der Waals surface area contributed by atoms with Gasteiger partial charge in [-0.25, -0.2) is 14.8 Å². The van der Waals surface area contributed by atoms with E-state index in [2.05, 4.69) is 20.3 Å². The molecule has 0 atom stereocenters. The van der Waals surface area contributed by atoms with Crippen LogP contribution in [0.4, 0.5) is 10.6 Å². The first-order valence-electron chi connectivity index (χ1n) is 9.33. The van der Waals surface area contributed by atoms with E-state index in [9.17, 15) is 9.59 Å². The molecule has 4 rings (SSSR count). The van der Waals surface area contributed by atoms with Gasteiger partial charge in [-0.05, 0) is 36.1 Å². The number of hydrogen-bond acceptors (Lipinski definition) is 5. The molecule has 0 saturated carbocycles. The maximum Gasteiger partial charge on any atom is 0.320 e. The van der Waals surface area contributed by atoms with Gasteiger partial charge >= 0.3 is 6.03 Å². The Hall–Kier alpha value is -3.75. The maximum atomic E-state index is 12.1. The van der Waals surface area contributed by atoms with E-state index >= 15 is 0 Å². The molecule has 1 aliphatic heterocycles. The van der Waals surface area contributed by atoms with Crippen molar-refractivity contribution in [2.24, 2.45) is 5.73 Å². The summed E-state index contributed by atoms with van der Waals surface area (Å²) in [6, 6.07) is 3.51. The Bertz CT molecular complexity index is 1030. The maximum absolute atomic E-state index is 12.1. The SMILES string of the molecule is NC(=O)N1CCCc2cc(-c3cncc(CNC(=O)Cn4ccnc4)c3)cnc21. The van der Waals surface area contributed by atoms with Gasteiger partial charge in [0.1, 0.15) is 12.4 Å². The molecule has 0 unspecified atom stereocenters. The summed E-state index contributed by atoms with van der Waals surface area (Å²) in [5.41, 5.74) is 9.14. The Kier molecular flexibility index (Phi) is 5.19. The molecule has 1 aliphatic rings. The molecule has 4 heterocycles. The lowest BCUT2D eigenvalue weighted by Gasteiger charge is -2.26. The number of carbonyl (C=O) groups is 2. The molecule has 3 N–H and O–H groups in total. The number of nitrogens with two attached hydrogens (primary N) is 1. The number of anilines is 1. The van der Waals surface area contributed by atoms with Crippen LogP contribution in [0.3, 0.4) is 0 Å². The zero-order valence-electron chi connectivity index (χ0n) is 15.8. The van der Waals surface area contributed by atoms with Crippen LogP contribution in [0.5, 0.6) is 0 Å². The molecule has 29 heavy (non-hydrogen) atoms. The first kappa shape index (κ1) is 18.6. The number of pyridine rings is 2. The molecule has 0 radical (unpaired) electrons. The zero-order valence-corrected chi connectivity index (χ0v) is 15.8. The minimum Gasteiger partial charge on any atom is -0.351 e. The Balaban J connectivity index is 1.47. The third-order valence-corrected chi connectivity index (χ3v) is 4.80. The minimum absolute atomic E-state index is 0.101. The third kappa shape index (κ3) is 4.23. The van der Waals surface area contributed by atoms with Gasteiger partial charge in [0, 0.05) is 55.2 Å². The van der Waals surface area contributed by atoms with E-state index in [0.717, 1.165) is 35.1 Å². The van der Waals surface area contributed by atoms with E-state index in [0.29, 0.717) is 18.9 Å². The fourth-order valence-electron chi connectivity index (χ4n) is 3.38. The molecule has 0 bridgehead atoms. The van der Waals surface area contributed by atoms with Crippen molar-refractivity contribution >= 4 is 17.8 Å². The largest absolute Gasteiger partial charge is 0.351 e. The summed E-state index contributed by atoms with van der Waals surface area (Å²) in [6.45, 7) is 1.19. The summed E-state index contributed by atoms with van der Waals surface area (Å²) in [5.74, 6) is 0.527. The predicted octanol–water partition coefficient (Wildman–Crippen LogP) is 1.49. The van der Waals surface area contributed by atoms with Crippen molar-refractivity contribution in [1.29, 1.82) is 0 Å². The molecule has 0 aliphatic carbocycles. The number of fused-ring (bicyclic) bond motifs is 1. The van der Waals surface area contributed by atoms with E-state index in [4.69, 9.17) is 5.73 Å². The van der Waals surface area contributed by atoms with E-state index in [-0.39, 0.29) is 12.5 Å². The lowest BCUT2D eigenvalue weighted by Crippen LogP contribution is -2.40. The lowest BCUT2D eigenvalue weighted by molar-refractivity contribution is -0.121. The van der Waals surface area contributed by atoms with E-state index in [1.54, 1.807) is 41.9 Å². The number of nitrogens with zero attached hydrogens (tertiary/aromatic N) is 5. The number of urea groups is 1. The third-order valence-electron chi connectivity index (χ3n) is 4.80. The quantitative estimate of drug-likeness (QED) is 0.683. The highest BCUT2D eigenvalue weighted by Crippen LogP contribution is 2.29. The van der Waals surface area contributed by atoms with Crippen LogP contribution in [0.2, 0.25) is 0 Å². The highest BCUT2D eigenvalue weighted by molar-refractivity contribution is 5.91. The van der Waals surface area contributed by atoms with Gasteiger partial charge in [-0.1, -0.05) is 0 Å². The number of hydrogen-bond donors (Lipinski definition) is 2. The van der Waals surface area contributed by atoms with E-state index in [1.807, 2.05) is 12.1 Å². The highest BCUT2D eigenvalue weighted by Gasteiger charge is 2.22. The van der Waals surface area contributed by atoms with Crippen LogP contribution in [-0.2, 0) is 24.3 Å². The number of primary amides is 1. The van der Waals surface area contributed by atoms with Crippen molar-refractivity contribution < 1.29 is 9.59 Å². The fourth-order valence-corrected chi connectivity index (χ4v) is 3.38. The van der Waals surface area contributed by atoms with Gasteiger partial charge in [0.15, 0.2) is 0 Å². The van der Waals surface area contributed by atoms with Gasteiger partial charge in [0.25, 0.3) is 0 Å². The second-order valence-corrected chi connectivity index (χ2v) is 6.89. The zero-order chi connectivity index (χ0) is 20.2. The van der Waals surface area contributed by atoms with Crippen molar-refractivity contribution in [3.63, 3.8) is 0 Å². The van der Waals surface area contributed by atoms with Gasteiger partial charge in [0.05, 0.1) is 6.33 Å². The van der Waals surface area contributed by atoms with Crippen molar-refractivity contribution in [3.8, 4) is 11.1 Å². The lowest BCUT2D eigenvalue weighted by atomic mass is 10.0. The van der Waals surface area contributed by atoms with Crippen LogP contribution in [0.15, 0.2) is 49.4 Å². The number of imidazole rings is 1. The monoisotopic (exact) mass is 391 g/mol. The summed E-state index contributed by atoms with van der Waals surface area (Å²) < 4.78 is 1.71. The molecule has 0 aromatic carbocycles. The standard InChI is InChI=1S/C20H21N7O2/c21-20(29)27-4-1-2-15-7-17(11-25-19(15)27)16-6-14(8-23-10-16)9-24-18(28)12-26-5-3-22-13-26/h3,5-8,10-11,13H,1-2,4,9,12H2,(H2,21,29)(H,24,28). The Morgan fingerprint density at radius 1 is 1.14 bits per heavy atom. The molecular weight excluding hydrogens is 370 g/mol. The second kappa shape index (κ2) is 8.09. The Morgan fingerprint density at radius 2 is 2.00 bits per heavy atom. The van der Waals surface area contributed by atoms with Crippen molar-refractivity contribution in [2.75, 3.05) is 11.4 Å². The molecule has 3 aromatic rings. The van der Waals surface area contributed by atoms with Gasteiger partial charge in [-0.3, -0.25) is 14.7 Å². The number of amides is 3. The van der Waals surface area contributed by atoms with Crippen LogP contribution in [-0.4, -0.2) is 38.0 Å². The molecule has 3 aromatic heterocycles. The van der Waals surface area contributed by atoms with Gasteiger partial charge in [-0.15, -0.1) is 0 Å². The molecule has 3 amide bonds. The first-order chi connectivity index (χ1) is 14.1. The van der Waals surface area contributed by atoms with Crippen LogP contribution in [0, 0.1) is 0 Å². The van der Waals surface area contributed by atoms with E-state index in [1.165, 1.54) is 4.90 Å². The number of nitrogens with one attached hydrogen (secondary N) is 1. The summed E-state index contributed by atoms with van der Waals surface area (Å²) in [6.07, 6.45) is 11.9. The van der Waals surface area contributed by atoms with Gasteiger partial charge in [-0.2, -0.15) is 0 Å². The average molecular weight is 391 g/mol. The summed E-state index contributed by atoms with van der Waals surface area (Å²) in [7, 11) is 0. The van der Waals surface area contributed by atoms with Gasteiger partial charge < -0.3 is 15.6 Å². The van der Waals surface area contributed by atoms with Crippen molar-refractivity contribution in [3.05, 3.63) is 60.6 Å². The number of aryl methyl sites for hydroxylation is 1. The van der Waals surface area contributed by atoms with E-state index < -0.39 is 6.03 Å². The molecule has 0 saturated heterocycles. The summed E-state index contributed by atoms with van der Waals surface area (Å²) >= 11 is 0. The van der Waals surface area contributed by atoms with Crippen molar-refractivity contribution in [2.45, 2.75) is 25.9 Å². The van der Waals surface area contributed by atoms with Gasteiger partial charge in [0.2, 0.25) is 5.91 Å². The molecule has 9 nitrogen and oxygen atoms in total. The second-order valence-electron chi connectivity index (χ2n) is 6.89. The average Bonchev–Trinajstić information content (AvgIpc) is 3.24. The minimum atomic E-state index is -0.485.